The van der Waals surface area contributed by atoms with E-state index in [1.165, 1.54) is 11.3 Å². The zero-order chi connectivity index (χ0) is 25.3. The first-order chi connectivity index (χ1) is 16.7. The van der Waals surface area contributed by atoms with Crippen molar-refractivity contribution >= 4 is 29.4 Å². The fourth-order valence-corrected chi connectivity index (χ4v) is 4.04. The molecular weight excluding hydrogens is 466 g/mol. The molecule has 3 rings (SSSR count). The normalized spacial score (nSPS) is 12.0. The van der Waals surface area contributed by atoms with Gasteiger partial charge in [0.25, 0.3) is 0 Å². The van der Waals surface area contributed by atoms with Gasteiger partial charge in [0.15, 0.2) is 5.92 Å². The van der Waals surface area contributed by atoms with Crippen LogP contribution in [-0.4, -0.2) is 23.6 Å². The number of thiophene rings is 1. The third-order valence-corrected chi connectivity index (χ3v) is 5.77. The summed E-state index contributed by atoms with van der Waals surface area (Å²) in [6.45, 7) is 5.14. The fourth-order valence-electron chi connectivity index (χ4n) is 3.23. The molecule has 0 fully saturated rings. The minimum atomic E-state index is -1.44. The molecule has 7 nitrogen and oxygen atoms in total. The van der Waals surface area contributed by atoms with E-state index in [1.807, 2.05) is 60.7 Å². The van der Waals surface area contributed by atoms with Gasteiger partial charge in [-0.3, -0.25) is 9.59 Å². The standard InChI is InChI=1S/C27H29NO6S/c1-27(2,3)34-26(31)28-23(21-15-10-16-35-21)22(24(29)32-17-19-11-6-4-7-12-19)25(30)33-18-20-13-8-5-9-14-20/h4-16,22-23H,17-18H2,1-3H3,(H,28,31). The smallest absolute Gasteiger partial charge is 0.408 e. The number of ether oxygens (including phenoxy) is 3. The van der Waals surface area contributed by atoms with Crippen LogP contribution in [0.4, 0.5) is 4.79 Å². The maximum Gasteiger partial charge on any atom is 0.408 e. The lowest BCUT2D eigenvalue weighted by Crippen LogP contribution is -2.43. The second-order valence-electron chi connectivity index (χ2n) is 8.80. The van der Waals surface area contributed by atoms with Crippen molar-refractivity contribution in [2.45, 2.75) is 45.6 Å². The first kappa shape index (κ1) is 26.0. The molecule has 35 heavy (non-hydrogen) atoms. The van der Waals surface area contributed by atoms with Crippen LogP contribution in [0.25, 0.3) is 0 Å². The summed E-state index contributed by atoms with van der Waals surface area (Å²) in [5, 5.41) is 4.47. The lowest BCUT2D eigenvalue weighted by atomic mass is 9.98. The highest BCUT2D eigenvalue weighted by atomic mass is 32.1. The predicted octanol–water partition coefficient (Wildman–Crippen LogP) is 5.42. The Bertz CT molecular complexity index is 1040. The van der Waals surface area contributed by atoms with Crippen LogP contribution in [-0.2, 0) is 37.0 Å². The van der Waals surface area contributed by atoms with E-state index in [0.29, 0.717) is 4.88 Å². The molecule has 1 aromatic heterocycles. The molecule has 0 aliphatic heterocycles. The number of carbonyl (C=O) groups is 3. The van der Waals surface area contributed by atoms with Crippen molar-refractivity contribution < 1.29 is 28.6 Å². The van der Waals surface area contributed by atoms with Crippen LogP contribution in [0.1, 0.15) is 42.8 Å². The van der Waals surface area contributed by atoms with Crippen LogP contribution in [0, 0.1) is 5.92 Å². The van der Waals surface area contributed by atoms with E-state index in [1.54, 1.807) is 38.3 Å². The Morgan fingerprint density at radius 1 is 0.800 bits per heavy atom. The highest BCUT2D eigenvalue weighted by Crippen LogP contribution is 2.29. The van der Waals surface area contributed by atoms with Crippen molar-refractivity contribution in [1.29, 1.82) is 0 Å². The molecule has 0 radical (unpaired) electrons. The maximum atomic E-state index is 13.3. The van der Waals surface area contributed by atoms with Crippen molar-refractivity contribution in [3.8, 4) is 0 Å². The quantitative estimate of drug-likeness (QED) is 0.242. The Hall–Kier alpha value is -3.65. The molecule has 1 atom stereocenters. The van der Waals surface area contributed by atoms with E-state index in [-0.39, 0.29) is 13.2 Å². The van der Waals surface area contributed by atoms with Crippen molar-refractivity contribution in [2.75, 3.05) is 0 Å². The van der Waals surface area contributed by atoms with Crippen LogP contribution in [0.15, 0.2) is 78.2 Å². The third kappa shape index (κ3) is 8.26. The van der Waals surface area contributed by atoms with Crippen LogP contribution in [0.2, 0.25) is 0 Å². The average Bonchev–Trinajstić information content (AvgIpc) is 3.36. The Balaban J connectivity index is 1.85. The largest absolute Gasteiger partial charge is 0.460 e. The summed E-state index contributed by atoms with van der Waals surface area (Å²) < 4.78 is 16.4. The van der Waals surface area contributed by atoms with E-state index in [0.717, 1.165) is 11.1 Å². The van der Waals surface area contributed by atoms with E-state index in [4.69, 9.17) is 14.2 Å². The lowest BCUT2D eigenvalue weighted by molar-refractivity contribution is -0.165. The number of alkyl carbamates (subject to hydrolysis) is 1. The monoisotopic (exact) mass is 495 g/mol. The molecule has 0 saturated heterocycles. The molecule has 1 heterocycles. The summed E-state index contributed by atoms with van der Waals surface area (Å²) in [6, 6.07) is 20.7. The molecule has 2 aromatic carbocycles. The van der Waals surface area contributed by atoms with E-state index >= 15 is 0 Å². The van der Waals surface area contributed by atoms with Gasteiger partial charge in [0.1, 0.15) is 18.8 Å². The predicted molar refractivity (Wildman–Crippen MR) is 132 cm³/mol. The molecule has 184 valence electrons. The Labute approximate surface area is 209 Å². The minimum Gasteiger partial charge on any atom is -0.460 e. The Kier molecular flexibility index (Phi) is 9.03. The Morgan fingerprint density at radius 2 is 1.31 bits per heavy atom. The lowest BCUT2D eigenvalue weighted by Gasteiger charge is -2.27. The molecule has 0 saturated carbocycles. The summed E-state index contributed by atoms with van der Waals surface area (Å²) >= 11 is 1.30. The van der Waals surface area contributed by atoms with Crippen LogP contribution < -0.4 is 5.32 Å². The van der Waals surface area contributed by atoms with Gasteiger partial charge in [0.2, 0.25) is 0 Å². The van der Waals surface area contributed by atoms with Gasteiger partial charge in [-0.25, -0.2) is 4.79 Å². The fraction of sp³-hybridized carbons (Fsp3) is 0.296. The molecule has 1 unspecified atom stereocenters. The van der Waals surface area contributed by atoms with Gasteiger partial charge in [-0.15, -0.1) is 11.3 Å². The number of carbonyl (C=O) groups excluding carboxylic acids is 3. The summed E-state index contributed by atoms with van der Waals surface area (Å²) in [7, 11) is 0. The topological polar surface area (TPSA) is 90.9 Å². The number of nitrogens with one attached hydrogen (secondary N) is 1. The number of hydrogen-bond acceptors (Lipinski definition) is 7. The van der Waals surface area contributed by atoms with Gasteiger partial charge in [-0.2, -0.15) is 0 Å². The van der Waals surface area contributed by atoms with Gasteiger partial charge < -0.3 is 19.5 Å². The molecule has 0 spiro atoms. The first-order valence-corrected chi connectivity index (χ1v) is 12.0. The number of esters is 2. The first-order valence-electron chi connectivity index (χ1n) is 11.2. The average molecular weight is 496 g/mol. The summed E-state index contributed by atoms with van der Waals surface area (Å²) in [6.07, 6.45) is -0.757. The summed E-state index contributed by atoms with van der Waals surface area (Å²) in [5.41, 5.74) is 0.774. The molecule has 1 N–H and O–H groups in total. The van der Waals surface area contributed by atoms with Crippen molar-refractivity contribution in [3.63, 3.8) is 0 Å². The second-order valence-corrected chi connectivity index (χ2v) is 9.78. The third-order valence-electron chi connectivity index (χ3n) is 4.81. The van der Waals surface area contributed by atoms with Crippen molar-refractivity contribution in [1.82, 2.24) is 5.32 Å². The number of amides is 1. The zero-order valence-corrected chi connectivity index (χ0v) is 20.7. The van der Waals surface area contributed by atoms with Gasteiger partial charge in [-0.1, -0.05) is 66.7 Å². The highest BCUT2D eigenvalue weighted by molar-refractivity contribution is 7.10. The van der Waals surface area contributed by atoms with Gasteiger partial charge in [0, 0.05) is 4.88 Å². The van der Waals surface area contributed by atoms with Gasteiger partial charge >= 0.3 is 18.0 Å². The highest BCUT2D eigenvalue weighted by Gasteiger charge is 2.41. The van der Waals surface area contributed by atoms with Crippen molar-refractivity contribution in [2.24, 2.45) is 5.92 Å². The minimum absolute atomic E-state index is 0.0221. The van der Waals surface area contributed by atoms with Crippen LogP contribution >= 0.6 is 11.3 Å². The van der Waals surface area contributed by atoms with E-state index in [2.05, 4.69) is 5.32 Å². The summed E-state index contributed by atoms with van der Waals surface area (Å²) in [5.74, 6) is -3.05. The van der Waals surface area contributed by atoms with Crippen LogP contribution in [0.3, 0.4) is 0 Å². The van der Waals surface area contributed by atoms with Crippen LogP contribution in [0.5, 0.6) is 0 Å². The molecule has 0 bridgehead atoms. The molecule has 0 aliphatic rings. The van der Waals surface area contributed by atoms with Crippen molar-refractivity contribution in [3.05, 3.63) is 94.2 Å². The summed E-state index contributed by atoms with van der Waals surface area (Å²) in [4.78, 5) is 39.8. The molecule has 1 amide bonds. The van der Waals surface area contributed by atoms with E-state index in [9.17, 15) is 14.4 Å². The van der Waals surface area contributed by atoms with E-state index < -0.39 is 35.6 Å². The maximum absolute atomic E-state index is 13.3. The van der Waals surface area contributed by atoms with Gasteiger partial charge in [-0.05, 0) is 43.3 Å². The zero-order valence-electron chi connectivity index (χ0n) is 19.9. The van der Waals surface area contributed by atoms with Gasteiger partial charge in [0.05, 0.1) is 6.04 Å². The number of benzene rings is 2. The SMILES string of the molecule is CC(C)(C)OC(=O)NC(c1cccs1)C(C(=O)OCc1ccccc1)C(=O)OCc1ccccc1. The molecule has 3 aromatic rings. The molecule has 0 aliphatic carbocycles. The molecular formula is C27H29NO6S. The number of rotatable bonds is 9. The number of hydrogen-bond donors (Lipinski definition) is 1. The second kappa shape index (κ2) is 12.2. The molecule has 8 heteroatoms. The Morgan fingerprint density at radius 3 is 1.74 bits per heavy atom.